The molecule has 1 fully saturated rings. The van der Waals surface area contributed by atoms with Crippen molar-refractivity contribution in [1.29, 1.82) is 0 Å². The summed E-state index contributed by atoms with van der Waals surface area (Å²) in [6.45, 7) is 2.76. The molecule has 5 rings (SSSR count). The molecule has 1 aliphatic heterocycles. The Balaban J connectivity index is 1.45. The van der Waals surface area contributed by atoms with Gasteiger partial charge in [-0.2, -0.15) is 0 Å². The number of fused-ring (bicyclic) bond motifs is 1. The van der Waals surface area contributed by atoms with Crippen molar-refractivity contribution < 1.29 is 4.79 Å². The van der Waals surface area contributed by atoms with Crippen molar-refractivity contribution in [3.8, 4) is 11.4 Å². The minimum absolute atomic E-state index is 0.0727. The summed E-state index contributed by atoms with van der Waals surface area (Å²) in [6, 6.07) is 19.8. The van der Waals surface area contributed by atoms with Crippen LogP contribution in [0.2, 0.25) is 0 Å². The lowest BCUT2D eigenvalue weighted by atomic mass is 10.1. The molecule has 1 N–H and O–H groups in total. The van der Waals surface area contributed by atoms with Gasteiger partial charge in [0.2, 0.25) is 0 Å². The fourth-order valence-corrected chi connectivity index (χ4v) is 5.10. The highest BCUT2D eigenvalue weighted by Crippen LogP contribution is 2.28. The fraction of sp³-hybridized carbons (Fsp3) is 0.240. The van der Waals surface area contributed by atoms with E-state index in [0.29, 0.717) is 17.8 Å². The average molecular weight is 429 g/mol. The second-order valence-corrected chi connectivity index (χ2v) is 8.75. The van der Waals surface area contributed by atoms with Gasteiger partial charge in [0.1, 0.15) is 0 Å². The summed E-state index contributed by atoms with van der Waals surface area (Å²) >= 11 is 1.76. The maximum Gasteiger partial charge on any atom is 0.252 e. The van der Waals surface area contributed by atoms with Gasteiger partial charge in [-0.25, -0.2) is 4.98 Å². The molecule has 1 aromatic carbocycles. The number of aromatic nitrogens is 2. The molecular weight excluding hydrogens is 404 g/mol. The van der Waals surface area contributed by atoms with Crippen molar-refractivity contribution >= 4 is 28.1 Å². The first-order valence-corrected chi connectivity index (χ1v) is 11.5. The van der Waals surface area contributed by atoms with Gasteiger partial charge < -0.3 is 5.32 Å². The highest BCUT2D eigenvalue weighted by atomic mass is 32.1. The molecule has 1 amide bonds. The molecule has 6 heteroatoms. The number of hydrogen-bond acceptors (Lipinski definition) is 5. The topological polar surface area (TPSA) is 58.1 Å². The normalized spacial score (nSPS) is 15.2. The van der Waals surface area contributed by atoms with Gasteiger partial charge in [-0.3, -0.25) is 14.7 Å². The van der Waals surface area contributed by atoms with E-state index in [1.165, 1.54) is 17.7 Å². The summed E-state index contributed by atoms with van der Waals surface area (Å²) < 4.78 is 0. The van der Waals surface area contributed by atoms with Crippen LogP contribution in [0.5, 0.6) is 0 Å². The number of amides is 1. The van der Waals surface area contributed by atoms with Crippen molar-refractivity contribution in [2.75, 3.05) is 19.6 Å². The van der Waals surface area contributed by atoms with Gasteiger partial charge in [0.05, 0.1) is 28.5 Å². The van der Waals surface area contributed by atoms with Gasteiger partial charge in [0, 0.05) is 23.0 Å². The minimum atomic E-state index is -0.0727. The standard InChI is InChI=1S/C25H24N4OS/c30-25(27-17-23(24-11-7-15-31-24)29-13-5-6-14-29)19-16-22(21-10-3-4-12-26-21)28-20-9-2-1-8-18(19)20/h1-4,7-12,15-16,23H,5-6,13-14,17H2,(H,27,30). The largest absolute Gasteiger partial charge is 0.350 e. The fourth-order valence-electron chi connectivity index (χ4n) is 4.24. The number of nitrogens with one attached hydrogen (secondary N) is 1. The lowest BCUT2D eigenvalue weighted by Crippen LogP contribution is -2.36. The van der Waals surface area contributed by atoms with Gasteiger partial charge in [-0.1, -0.05) is 30.3 Å². The van der Waals surface area contributed by atoms with Crippen molar-refractivity contribution in [2.45, 2.75) is 18.9 Å². The Hall–Kier alpha value is -3.09. The second-order valence-electron chi connectivity index (χ2n) is 7.77. The zero-order chi connectivity index (χ0) is 21.0. The molecule has 1 atom stereocenters. The number of benzene rings is 1. The summed E-state index contributed by atoms with van der Waals surface area (Å²) in [6.07, 6.45) is 4.18. The monoisotopic (exact) mass is 428 g/mol. The van der Waals surface area contributed by atoms with Crippen molar-refractivity contribution in [2.24, 2.45) is 0 Å². The van der Waals surface area contributed by atoms with Crippen LogP contribution in [-0.2, 0) is 0 Å². The Morgan fingerprint density at radius 3 is 2.65 bits per heavy atom. The SMILES string of the molecule is O=C(NCC(c1cccs1)N1CCCC1)c1cc(-c2ccccn2)nc2ccccc12. The molecule has 0 saturated carbocycles. The van der Waals surface area contributed by atoms with Crippen LogP contribution in [0.3, 0.4) is 0 Å². The van der Waals surface area contributed by atoms with Crippen LogP contribution in [0.4, 0.5) is 0 Å². The molecule has 31 heavy (non-hydrogen) atoms. The van der Waals surface area contributed by atoms with Crippen LogP contribution in [0.25, 0.3) is 22.3 Å². The number of rotatable bonds is 6. The Bertz CT molecular complexity index is 1170. The first-order chi connectivity index (χ1) is 15.3. The zero-order valence-electron chi connectivity index (χ0n) is 17.2. The van der Waals surface area contributed by atoms with E-state index >= 15 is 0 Å². The number of carbonyl (C=O) groups excluding carboxylic acids is 1. The number of likely N-dealkylation sites (tertiary alicyclic amines) is 1. The molecule has 0 bridgehead atoms. The molecule has 1 unspecified atom stereocenters. The maximum atomic E-state index is 13.4. The summed E-state index contributed by atoms with van der Waals surface area (Å²) in [5.41, 5.74) is 2.90. The van der Waals surface area contributed by atoms with Crippen LogP contribution >= 0.6 is 11.3 Å². The van der Waals surface area contributed by atoms with Crippen LogP contribution in [0.1, 0.15) is 34.1 Å². The number of carbonyl (C=O) groups is 1. The number of pyridine rings is 2. The zero-order valence-corrected chi connectivity index (χ0v) is 18.0. The van der Waals surface area contributed by atoms with E-state index in [4.69, 9.17) is 4.98 Å². The van der Waals surface area contributed by atoms with Gasteiger partial charge >= 0.3 is 0 Å². The maximum absolute atomic E-state index is 13.4. The van der Waals surface area contributed by atoms with Gasteiger partial charge in [-0.15, -0.1) is 11.3 Å². The van der Waals surface area contributed by atoms with E-state index in [-0.39, 0.29) is 11.9 Å². The molecule has 0 spiro atoms. The highest BCUT2D eigenvalue weighted by Gasteiger charge is 2.25. The Kier molecular flexibility index (Phi) is 5.74. The van der Waals surface area contributed by atoms with E-state index in [0.717, 1.165) is 29.7 Å². The van der Waals surface area contributed by atoms with E-state index < -0.39 is 0 Å². The third-order valence-electron chi connectivity index (χ3n) is 5.80. The second kappa shape index (κ2) is 8.96. The minimum Gasteiger partial charge on any atom is -0.350 e. The summed E-state index contributed by atoms with van der Waals surface area (Å²) in [5, 5.41) is 6.17. The van der Waals surface area contributed by atoms with Crippen molar-refractivity contribution in [1.82, 2.24) is 20.2 Å². The Morgan fingerprint density at radius 1 is 1.03 bits per heavy atom. The molecule has 4 aromatic rings. The lowest BCUT2D eigenvalue weighted by Gasteiger charge is -2.27. The summed E-state index contributed by atoms with van der Waals surface area (Å²) in [4.78, 5) is 26.3. The molecule has 0 aliphatic carbocycles. The quantitative estimate of drug-likeness (QED) is 0.473. The van der Waals surface area contributed by atoms with E-state index in [1.807, 2.05) is 48.5 Å². The van der Waals surface area contributed by atoms with E-state index in [1.54, 1.807) is 17.5 Å². The molecule has 1 saturated heterocycles. The molecule has 156 valence electrons. The Labute approximate surface area is 185 Å². The molecule has 0 radical (unpaired) electrons. The molecule has 5 nitrogen and oxygen atoms in total. The van der Waals surface area contributed by atoms with Gasteiger partial charge in [0.25, 0.3) is 5.91 Å². The summed E-state index contributed by atoms with van der Waals surface area (Å²) in [7, 11) is 0. The average Bonchev–Trinajstić information content (AvgIpc) is 3.54. The van der Waals surface area contributed by atoms with E-state index in [2.05, 4.69) is 32.7 Å². The van der Waals surface area contributed by atoms with Crippen LogP contribution in [-0.4, -0.2) is 40.4 Å². The van der Waals surface area contributed by atoms with Crippen molar-refractivity contribution in [3.63, 3.8) is 0 Å². The van der Waals surface area contributed by atoms with Gasteiger partial charge in [-0.05, 0) is 61.6 Å². The predicted octanol–water partition coefficient (Wildman–Crippen LogP) is 4.93. The number of nitrogens with zero attached hydrogens (tertiary/aromatic N) is 3. The number of thiophene rings is 1. The van der Waals surface area contributed by atoms with Crippen LogP contribution < -0.4 is 5.32 Å². The third kappa shape index (κ3) is 4.22. The first kappa shape index (κ1) is 19.8. The van der Waals surface area contributed by atoms with Crippen LogP contribution in [0.15, 0.2) is 72.2 Å². The third-order valence-corrected chi connectivity index (χ3v) is 6.77. The Morgan fingerprint density at radius 2 is 1.87 bits per heavy atom. The smallest absolute Gasteiger partial charge is 0.252 e. The molecular formula is C25H24N4OS. The first-order valence-electron chi connectivity index (χ1n) is 10.7. The number of para-hydroxylation sites is 1. The summed E-state index contributed by atoms with van der Waals surface area (Å²) in [5.74, 6) is -0.0727. The number of hydrogen-bond donors (Lipinski definition) is 1. The lowest BCUT2D eigenvalue weighted by molar-refractivity contribution is 0.0940. The molecule has 1 aliphatic rings. The van der Waals surface area contributed by atoms with Crippen molar-refractivity contribution in [3.05, 3.63) is 82.7 Å². The highest BCUT2D eigenvalue weighted by molar-refractivity contribution is 7.10. The van der Waals surface area contributed by atoms with Crippen LogP contribution in [0, 0.1) is 0 Å². The predicted molar refractivity (Wildman–Crippen MR) is 125 cm³/mol. The molecule has 3 aromatic heterocycles. The van der Waals surface area contributed by atoms with Gasteiger partial charge in [0.15, 0.2) is 0 Å². The van der Waals surface area contributed by atoms with E-state index in [9.17, 15) is 4.79 Å². The molecule has 4 heterocycles.